The van der Waals surface area contributed by atoms with Crippen LogP contribution < -0.4 is 0 Å². The van der Waals surface area contributed by atoms with Crippen molar-refractivity contribution in [2.75, 3.05) is 39.8 Å². The molecule has 3 saturated carbocycles. The Hall–Kier alpha value is -1.88. The van der Waals surface area contributed by atoms with E-state index in [1.165, 1.54) is 56.2 Å². The smallest absolute Gasteiger partial charge is 0.331 e. The van der Waals surface area contributed by atoms with E-state index in [0.717, 1.165) is 43.6 Å². The number of cyclic esters (lactones) is 1. The molecule has 6 aliphatic rings. The molecule has 4 fully saturated rings. The summed E-state index contributed by atoms with van der Waals surface area (Å²) in [4.78, 5) is 14.1. The molecule has 33 heavy (non-hydrogen) atoms. The maximum absolute atomic E-state index is 11.7. The lowest BCUT2D eigenvalue weighted by Crippen LogP contribution is -2.51. The largest absolute Gasteiger partial charge is 0.458 e. The standard InChI is InChI=1S/C28H39N3O2/c1-27-10-8-21(29-31-14-12-30(3)13-15-31)17-20(27)4-5-22-24-7-6-23(19-16-26(32)33-18-19)28(24,2)11-9-25(22)27/h6-7,16,20,22,25H,4-5,8-15,17-18H2,1-3H3. The van der Waals surface area contributed by atoms with Crippen LogP contribution in [0, 0.1) is 28.6 Å². The fourth-order valence-corrected chi connectivity index (χ4v) is 8.23. The predicted molar refractivity (Wildman–Crippen MR) is 131 cm³/mol. The summed E-state index contributed by atoms with van der Waals surface area (Å²) >= 11 is 0. The fraction of sp³-hybridized carbons (Fsp3) is 0.714. The van der Waals surface area contributed by atoms with Gasteiger partial charge in [0.25, 0.3) is 0 Å². The van der Waals surface area contributed by atoms with Gasteiger partial charge in [-0.2, -0.15) is 5.10 Å². The maximum atomic E-state index is 11.7. The monoisotopic (exact) mass is 449 g/mol. The van der Waals surface area contributed by atoms with Gasteiger partial charge in [-0.15, -0.1) is 0 Å². The van der Waals surface area contributed by atoms with Crippen molar-refractivity contribution in [3.8, 4) is 0 Å². The quantitative estimate of drug-likeness (QED) is 0.579. The van der Waals surface area contributed by atoms with Gasteiger partial charge >= 0.3 is 5.97 Å². The Morgan fingerprint density at radius 3 is 2.64 bits per heavy atom. The summed E-state index contributed by atoms with van der Waals surface area (Å²) < 4.78 is 5.25. The number of likely N-dealkylation sites (N-methyl/N-ethyl adjacent to an activating group) is 1. The van der Waals surface area contributed by atoms with Crippen LogP contribution in [-0.4, -0.2) is 61.4 Å². The maximum Gasteiger partial charge on any atom is 0.331 e. The Kier molecular flexibility index (Phi) is 5.13. The number of hydrogen-bond acceptors (Lipinski definition) is 5. The number of rotatable bonds is 2. The minimum absolute atomic E-state index is 0.0902. The number of piperazine rings is 1. The minimum atomic E-state index is -0.180. The van der Waals surface area contributed by atoms with Crippen LogP contribution in [-0.2, 0) is 9.53 Å². The Balaban J connectivity index is 1.18. The number of fused-ring (bicyclic) bond motifs is 5. The molecular formula is C28H39N3O2. The number of hydrogen-bond donors (Lipinski definition) is 0. The van der Waals surface area contributed by atoms with Crippen LogP contribution in [0.25, 0.3) is 0 Å². The van der Waals surface area contributed by atoms with Crippen LogP contribution in [0.15, 0.2) is 40.0 Å². The average molecular weight is 450 g/mol. The van der Waals surface area contributed by atoms with Crippen molar-refractivity contribution in [2.45, 2.75) is 58.8 Å². The van der Waals surface area contributed by atoms with Crippen LogP contribution in [0.4, 0.5) is 0 Å². The van der Waals surface area contributed by atoms with Crippen molar-refractivity contribution in [3.63, 3.8) is 0 Å². The highest BCUT2D eigenvalue weighted by atomic mass is 16.5. The highest BCUT2D eigenvalue weighted by molar-refractivity contribution is 5.87. The second-order valence-corrected chi connectivity index (χ2v) is 12.0. The zero-order valence-electron chi connectivity index (χ0n) is 20.6. The van der Waals surface area contributed by atoms with E-state index >= 15 is 0 Å². The van der Waals surface area contributed by atoms with E-state index in [1.807, 2.05) is 0 Å². The fourth-order valence-electron chi connectivity index (χ4n) is 8.23. The minimum Gasteiger partial charge on any atom is -0.458 e. The number of ether oxygens (including phenoxy) is 1. The zero-order chi connectivity index (χ0) is 22.8. The van der Waals surface area contributed by atoms with E-state index in [9.17, 15) is 4.79 Å². The van der Waals surface area contributed by atoms with Crippen molar-refractivity contribution >= 4 is 11.7 Å². The molecule has 0 amide bonds. The highest BCUT2D eigenvalue weighted by Gasteiger charge is 2.56. The summed E-state index contributed by atoms with van der Waals surface area (Å²) in [6.07, 6.45) is 15.3. The lowest BCUT2D eigenvalue weighted by molar-refractivity contribution is -0.134. The summed E-state index contributed by atoms with van der Waals surface area (Å²) in [5, 5.41) is 7.47. The molecule has 5 atom stereocenters. The van der Waals surface area contributed by atoms with Crippen molar-refractivity contribution in [2.24, 2.45) is 33.7 Å². The molecule has 4 aliphatic carbocycles. The van der Waals surface area contributed by atoms with E-state index < -0.39 is 0 Å². The van der Waals surface area contributed by atoms with Gasteiger partial charge in [0.2, 0.25) is 0 Å². The molecule has 0 spiro atoms. The van der Waals surface area contributed by atoms with E-state index in [0.29, 0.717) is 17.9 Å². The molecule has 2 aliphatic heterocycles. The van der Waals surface area contributed by atoms with Crippen molar-refractivity contribution < 1.29 is 9.53 Å². The summed E-state index contributed by atoms with van der Waals surface area (Å²) in [6, 6.07) is 0. The van der Waals surface area contributed by atoms with Crippen molar-refractivity contribution in [1.82, 2.24) is 9.91 Å². The van der Waals surface area contributed by atoms with E-state index in [2.05, 4.69) is 43.0 Å². The third kappa shape index (κ3) is 3.45. The molecule has 5 nitrogen and oxygen atoms in total. The van der Waals surface area contributed by atoms with E-state index in [4.69, 9.17) is 9.84 Å². The molecular weight excluding hydrogens is 410 g/mol. The Bertz CT molecular complexity index is 970. The van der Waals surface area contributed by atoms with E-state index in [-0.39, 0.29) is 11.4 Å². The van der Waals surface area contributed by atoms with E-state index in [1.54, 1.807) is 11.6 Å². The van der Waals surface area contributed by atoms with Crippen LogP contribution >= 0.6 is 0 Å². The highest BCUT2D eigenvalue weighted by Crippen LogP contribution is 2.65. The molecule has 0 aromatic carbocycles. The second-order valence-electron chi connectivity index (χ2n) is 12.0. The third-order valence-corrected chi connectivity index (χ3v) is 10.3. The van der Waals surface area contributed by atoms with Gasteiger partial charge in [0.1, 0.15) is 6.61 Å². The van der Waals surface area contributed by atoms with Crippen LogP contribution in [0.1, 0.15) is 58.8 Å². The predicted octanol–water partition coefficient (Wildman–Crippen LogP) is 4.57. The number of carbonyl (C=O) groups is 1. The Labute approximate surface area is 198 Å². The molecule has 5 unspecified atom stereocenters. The summed E-state index contributed by atoms with van der Waals surface area (Å²) in [5.74, 6) is 2.07. The number of esters is 1. The Morgan fingerprint density at radius 1 is 1.06 bits per heavy atom. The van der Waals surface area contributed by atoms with Crippen LogP contribution in [0.5, 0.6) is 0 Å². The van der Waals surface area contributed by atoms with Crippen molar-refractivity contribution in [3.05, 3.63) is 34.9 Å². The first-order valence-electron chi connectivity index (χ1n) is 13.2. The SMILES string of the molecule is CN1CCN(N=C2CCC3(C)C(CCC4C5=CC=C(C6=CC(=O)OC6)C5(C)CCC43)C2)CC1. The van der Waals surface area contributed by atoms with Gasteiger partial charge in [-0.05, 0) is 80.7 Å². The van der Waals surface area contributed by atoms with Gasteiger partial charge in [0.05, 0.1) is 0 Å². The normalized spacial score (nSPS) is 42.2. The molecule has 0 aromatic rings. The van der Waals surface area contributed by atoms with Crippen molar-refractivity contribution in [1.29, 1.82) is 0 Å². The lowest BCUT2D eigenvalue weighted by Gasteiger charge is -2.59. The van der Waals surface area contributed by atoms with Crippen LogP contribution in [0.2, 0.25) is 0 Å². The molecule has 0 N–H and O–H groups in total. The third-order valence-electron chi connectivity index (χ3n) is 10.3. The van der Waals surface area contributed by atoms with Gasteiger partial charge in [-0.1, -0.05) is 31.6 Å². The first kappa shape index (κ1) is 21.6. The summed E-state index contributed by atoms with van der Waals surface area (Å²) in [5.41, 5.74) is 6.08. The summed E-state index contributed by atoms with van der Waals surface area (Å²) in [6.45, 7) is 9.88. The Morgan fingerprint density at radius 2 is 1.88 bits per heavy atom. The number of carbonyl (C=O) groups excluding carboxylic acids is 1. The molecule has 5 heteroatoms. The van der Waals surface area contributed by atoms with Gasteiger partial charge in [-0.3, -0.25) is 5.01 Å². The molecule has 0 bridgehead atoms. The van der Waals surface area contributed by atoms with Crippen LogP contribution in [0.3, 0.4) is 0 Å². The van der Waals surface area contributed by atoms with Gasteiger partial charge < -0.3 is 9.64 Å². The second kappa shape index (κ2) is 7.83. The number of nitrogens with zero attached hydrogens (tertiary/aromatic N) is 3. The molecule has 0 radical (unpaired) electrons. The van der Waals surface area contributed by atoms with Gasteiger partial charge in [0.15, 0.2) is 0 Å². The molecule has 1 saturated heterocycles. The first-order chi connectivity index (χ1) is 15.9. The van der Waals surface area contributed by atoms with Gasteiger partial charge in [-0.25, -0.2) is 4.79 Å². The number of allylic oxidation sites excluding steroid dienone is 3. The molecule has 0 aromatic heterocycles. The first-order valence-corrected chi connectivity index (χ1v) is 13.2. The molecule has 178 valence electrons. The average Bonchev–Trinajstić information content (AvgIpc) is 3.38. The zero-order valence-corrected chi connectivity index (χ0v) is 20.6. The van der Waals surface area contributed by atoms with Gasteiger partial charge in [0, 0.05) is 49.0 Å². The topological polar surface area (TPSA) is 45.1 Å². The lowest BCUT2D eigenvalue weighted by atomic mass is 9.46. The summed E-state index contributed by atoms with van der Waals surface area (Å²) in [7, 11) is 2.21. The number of hydrazone groups is 1. The molecule has 6 rings (SSSR count). The molecule has 2 heterocycles.